The SMILES string of the molecule is CCCCCCCCCCCCCCCCCCCCCCCCCCCCC/C=C/CC/C=C/C(O)C(COC1OC(CO)C(O)C(O)C1O)NC(C)=O. The third kappa shape index (κ3) is 28.7. The quantitative estimate of drug-likeness (QED) is 0.0268. The van der Waals surface area contributed by atoms with Gasteiger partial charge >= 0.3 is 0 Å². The molecule has 9 heteroatoms. The molecule has 1 aliphatic heterocycles. The van der Waals surface area contributed by atoms with E-state index >= 15 is 0 Å². The zero-order valence-electron chi connectivity index (χ0n) is 35.4. The number of carbonyl (C=O) groups is 1. The highest BCUT2D eigenvalue weighted by molar-refractivity contribution is 5.73. The van der Waals surface area contributed by atoms with E-state index in [4.69, 9.17) is 9.47 Å². The number of aliphatic hydroxyl groups is 5. The Morgan fingerprint density at radius 2 is 1.00 bits per heavy atom. The van der Waals surface area contributed by atoms with E-state index in [1.165, 1.54) is 180 Å². The molecule has 7 unspecified atom stereocenters. The van der Waals surface area contributed by atoms with Crippen molar-refractivity contribution < 1.29 is 39.8 Å². The molecule has 1 fully saturated rings. The molecule has 0 aromatic rings. The van der Waals surface area contributed by atoms with E-state index in [1.807, 2.05) is 6.08 Å². The second-order valence-corrected chi connectivity index (χ2v) is 16.3. The van der Waals surface area contributed by atoms with Crippen molar-refractivity contribution in [3.8, 4) is 0 Å². The third-order valence-electron chi connectivity index (χ3n) is 11.1. The number of nitrogens with one attached hydrogen (secondary N) is 1. The van der Waals surface area contributed by atoms with Crippen LogP contribution in [0.4, 0.5) is 0 Å². The Bertz CT molecular complexity index is 914. The second kappa shape index (κ2) is 37.0. The van der Waals surface area contributed by atoms with Crippen LogP contribution in [0.3, 0.4) is 0 Å². The normalized spacial score (nSPS) is 21.5. The van der Waals surface area contributed by atoms with Crippen molar-refractivity contribution in [3.05, 3.63) is 24.3 Å². The van der Waals surface area contributed by atoms with Crippen molar-refractivity contribution >= 4 is 5.91 Å². The number of allylic oxidation sites excluding steroid dienone is 3. The number of aliphatic hydroxyl groups excluding tert-OH is 5. The van der Waals surface area contributed by atoms with Gasteiger partial charge in [-0.2, -0.15) is 0 Å². The van der Waals surface area contributed by atoms with Crippen molar-refractivity contribution in [1.82, 2.24) is 5.32 Å². The molecule has 0 aromatic heterocycles. The Kier molecular flexibility index (Phi) is 34.7. The van der Waals surface area contributed by atoms with Gasteiger partial charge in [0, 0.05) is 6.92 Å². The zero-order chi connectivity index (χ0) is 40.2. The molecule has 0 saturated carbocycles. The zero-order valence-corrected chi connectivity index (χ0v) is 35.4. The minimum atomic E-state index is -1.56. The Labute approximate surface area is 337 Å². The predicted octanol–water partition coefficient (Wildman–Crippen LogP) is 9.50. The van der Waals surface area contributed by atoms with Gasteiger partial charge in [0.15, 0.2) is 6.29 Å². The maximum atomic E-state index is 11.7. The standard InChI is InChI=1S/C46H87NO8/c1-3-4-5-6-7-8-9-10-11-12-13-14-15-16-17-18-19-20-21-22-23-24-25-26-27-28-29-30-31-32-33-34-35-36-41(50)40(47-39(2)49)38-54-46-45(53)44(52)43(51)42(37-48)55-46/h31-32,35-36,40-46,48,50-53H,3-30,33-34,37-38H2,1-2H3,(H,47,49)/b32-31+,36-35+. The molecule has 1 heterocycles. The van der Waals surface area contributed by atoms with Gasteiger partial charge in [-0.15, -0.1) is 0 Å². The number of hydrogen-bond acceptors (Lipinski definition) is 8. The summed E-state index contributed by atoms with van der Waals surface area (Å²) in [7, 11) is 0. The molecule has 1 rings (SSSR count). The molecule has 9 nitrogen and oxygen atoms in total. The van der Waals surface area contributed by atoms with Gasteiger partial charge in [-0.05, 0) is 25.7 Å². The van der Waals surface area contributed by atoms with Crippen LogP contribution in [0.5, 0.6) is 0 Å². The first kappa shape index (κ1) is 51.7. The third-order valence-corrected chi connectivity index (χ3v) is 11.1. The van der Waals surface area contributed by atoms with Crippen LogP contribution in [0.2, 0.25) is 0 Å². The number of carbonyl (C=O) groups excluding carboxylic acids is 1. The average molecular weight is 782 g/mol. The van der Waals surface area contributed by atoms with Crippen molar-refractivity contribution in [1.29, 1.82) is 0 Å². The Morgan fingerprint density at radius 1 is 0.600 bits per heavy atom. The fraction of sp³-hybridized carbons (Fsp3) is 0.891. The minimum absolute atomic E-state index is 0.215. The van der Waals surface area contributed by atoms with Crippen molar-refractivity contribution in [2.75, 3.05) is 13.2 Å². The van der Waals surface area contributed by atoms with E-state index in [-0.39, 0.29) is 12.5 Å². The van der Waals surface area contributed by atoms with Gasteiger partial charge in [-0.25, -0.2) is 0 Å². The van der Waals surface area contributed by atoms with Gasteiger partial charge in [0.25, 0.3) is 0 Å². The van der Waals surface area contributed by atoms with Gasteiger partial charge in [0.1, 0.15) is 24.4 Å². The molecule has 1 saturated heterocycles. The van der Waals surface area contributed by atoms with Crippen molar-refractivity contribution in [2.45, 2.75) is 249 Å². The van der Waals surface area contributed by atoms with Gasteiger partial charge in [0.2, 0.25) is 5.91 Å². The average Bonchev–Trinajstić information content (AvgIpc) is 3.17. The molecule has 6 N–H and O–H groups in total. The molecule has 324 valence electrons. The Morgan fingerprint density at radius 3 is 1.42 bits per heavy atom. The van der Waals surface area contributed by atoms with Gasteiger partial charge < -0.3 is 40.3 Å². The lowest BCUT2D eigenvalue weighted by Crippen LogP contribution is -2.60. The molecule has 55 heavy (non-hydrogen) atoms. The smallest absolute Gasteiger partial charge is 0.217 e. The fourth-order valence-electron chi connectivity index (χ4n) is 7.44. The summed E-state index contributed by atoms with van der Waals surface area (Å²) in [5.41, 5.74) is 0. The number of ether oxygens (including phenoxy) is 2. The Balaban J connectivity index is 1.91. The lowest BCUT2D eigenvalue weighted by Gasteiger charge is -2.40. The highest BCUT2D eigenvalue weighted by atomic mass is 16.7. The summed E-state index contributed by atoms with van der Waals surface area (Å²) in [6.07, 6.45) is 40.6. The molecular formula is C46H87NO8. The number of amides is 1. The van der Waals surface area contributed by atoms with Crippen LogP contribution in [0.25, 0.3) is 0 Å². The molecular weight excluding hydrogens is 695 g/mol. The van der Waals surface area contributed by atoms with E-state index in [1.54, 1.807) is 6.08 Å². The molecule has 7 atom stereocenters. The summed E-state index contributed by atoms with van der Waals surface area (Å²) in [5.74, 6) is -0.362. The first-order chi connectivity index (χ1) is 26.8. The van der Waals surface area contributed by atoms with Crippen molar-refractivity contribution in [2.24, 2.45) is 0 Å². The van der Waals surface area contributed by atoms with Gasteiger partial charge in [-0.3, -0.25) is 4.79 Å². The van der Waals surface area contributed by atoms with Crippen LogP contribution < -0.4 is 5.32 Å². The lowest BCUT2D eigenvalue weighted by atomic mass is 9.99. The second-order valence-electron chi connectivity index (χ2n) is 16.3. The summed E-state index contributed by atoms with van der Waals surface area (Å²) in [5, 5.41) is 52.7. The summed E-state index contributed by atoms with van der Waals surface area (Å²) < 4.78 is 10.9. The fourth-order valence-corrected chi connectivity index (χ4v) is 7.44. The van der Waals surface area contributed by atoms with E-state index in [2.05, 4.69) is 24.4 Å². The molecule has 0 aromatic carbocycles. The maximum absolute atomic E-state index is 11.7. The maximum Gasteiger partial charge on any atom is 0.217 e. The van der Waals surface area contributed by atoms with Gasteiger partial charge in [0.05, 0.1) is 25.4 Å². The van der Waals surface area contributed by atoms with E-state index in [0.29, 0.717) is 0 Å². The topological polar surface area (TPSA) is 149 Å². The number of rotatable bonds is 38. The molecule has 0 bridgehead atoms. The van der Waals surface area contributed by atoms with E-state index in [9.17, 15) is 30.3 Å². The van der Waals surface area contributed by atoms with Crippen molar-refractivity contribution in [3.63, 3.8) is 0 Å². The first-order valence-corrected chi connectivity index (χ1v) is 23.0. The van der Waals surface area contributed by atoms with Crippen LogP contribution >= 0.6 is 0 Å². The highest BCUT2D eigenvalue weighted by Crippen LogP contribution is 2.22. The molecule has 1 aliphatic rings. The molecule has 0 aliphatic carbocycles. The number of hydrogen-bond donors (Lipinski definition) is 6. The number of unbranched alkanes of at least 4 members (excludes halogenated alkanes) is 28. The monoisotopic (exact) mass is 782 g/mol. The highest BCUT2D eigenvalue weighted by Gasteiger charge is 2.44. The van der Waals surface area contributed by atoms with E-state index in [0.717, 1.165) is 19.3 Å². The summed E-state index contributed by atoms with van der Waals surface area (Å²) in [4.78, 5) is 11.7. The summed E-state index contributed by atoms with van der Waals surface area (Å²) in [6, 6.07) is -0.819. The van der Waals surface area contributed by atoms with Crippen LogP contribution in [0.15, 0.2) is 24.3 Å². The summed E-state index contributed by atoms with van der Waals surface area (Å²) in [6.45, 7) is 2.83. The van der Waals surface area contributed by atoms with Crippen LogP contribution in [0.1, 0.15) is 206 Å². The molecule has 1 amide bonds. The van der Waals surface area contributed by atoms with E-state index < -0.39 is 49.5 Å². The Hall–Kier alpha value is -1.33. The predicted molar refractivity (Wildman–Crippen MR) is 226 cm³/mol. The first-order valence-electron chi connectivity index (χ1n) is 23.0. The van der Waals surface area contributed by atoms with Crippen LogP contribution in [-0.2, 0) is 14.3 Å². The van der Waals surface area contributed by atoms with Crippen LogP contribution in [-0.4, -0.2) is 87.5 Å². The minimum Gasteiger partial charge on any atom is -0.394 e. The molecule has 0 spiro atoms. The largest absolute Gasteiger partial charge is 0.394 e. The van der Waals surface area contributed by atoms with Crippen LogP contribution in [0, 0.1) is 0 Å². The summed E-state index contributed by atoms with van der Waals surface area (Å²) >= 11 is 0. The van der Waals surface area contributed by atoms with Gasteiger partial charge in [-0.1, -0.05) is 198 Å². The molecule has 0 radical (unpaired) electrons. The lowest BCUT2D eigenvalue weighted by molar-refractivity contribution is -0.302.